The first-order valence-corrected chi connectivity index (χ1v) is 6.58. The summed E-state index contributed by atoms with van der Waals surface area (Å²) in [4.78, 5) is 24.9. The lowest BCUT2D eigenvalue weighted by atomic mass is 10.3. The van der Waals surface area contributed by atoms with Crippen LogP contribution in [-0.2, 0) is 14.1 Å². The molecule has 0 fully saturated rings. The standard InChI is InChI=1S/C13H13N3O3S/c1-15-11(17)10(8-14-19)12(16(2)13(15)18)20-9-6-4-3-5-7-9/h3-8,19H,1-2H3/b14-8-. The number of hydrogen-bond donors (Lipinski definition) is 1. The predicted molar refractivity (Wildman–Crippen MR) is 76.9 cm³/mol. The summed E-state index contributed by atoms with van der Waals surface area (Å²) in [7, 11) is 2.96. The summed E-state index contributed by atoms with van der Waals surface area (Å²) in [5.74, 6) is 0. The van der Waals surface area contributed by atoms with E-state index >= 15 is 0 Å². The first kappa shape index (κ1) is 14.1. The summed E-state index contributed by atoms with van der Waals surface area (Å²) >= 11 is 1.27. The van der Waals surface area contributed by atoms with Gasteiger partial charge in [0.15, 0.2) is 0 Å². The molecule has 2 aromatic rings. The molecule has 6 nitrogen and oxygen atoms in total. The monoisotopic (exact) mass is 291 g/mol. The summed E-state index contributed by atoms with van der Waals surface area (Å²) in [5, 5.41) is 12.1. The van der Waals surface area contributed by atoms with Gasteiger partial charge in [-0.3, -0.25) is 13.9 Å². The van der Waals surface area contributed by atoms with Crippen molar-refractivity contribution < 1.29 is 5.21 Å². The highest BCUT2D eigenvalue weighted by atomic mass is 32.2. The molecule has 0 saturated heterocycles. The molecule has 0 bridgehead atoms. The van der Waals surface area contributed by atoms with Crippen molar-refractivity contribution in [1.82, 2.24) is 9.13 Å². The van der Waals surface area contributed by atoms with Gasteiger partial charge in [0.1, 0.15) is 0 Å². The van der Waals surface area contributed by atoms with Crippen molar-refractivity contribution in [3.8, 4) is 0 Å². The minimum Gasteiger partial charge on any atom is -0.411 e. The van der Waals surface area contributed by atoms with Crippen LogP contribution in [0.2, 0.25) is 0 Å². The number of aromatic nitrogens is 2. The van der Waals surface area contributed by atoms with E-state index in [2.05, 4.69) is 5.16 Å². The lowest BCUT2D eigenvalue weighted by Crippen LogP contribution is -2.39. The molecule has 1 N–H and O–H groups in total. The Morgan fingerprint density at radius 3 is 2.40 bits per heavy atom. The Kier molecular flexibility index (Phi) is 4.09. The second-order valence-corrected chi connectivity index (χ2v) is 5.15. The first-order valence-electron chi connectivity index (χ1n) is 5.76. The molecule has 1 aromatic heterocycles. The fourth-order valence-corrected chi connectivity index (χ4v) is 2.72. The van der Waals surface area contributed by atoms with Gasteiger partial charge in [0.2, 0.25) is 0 Å². The molecule has 20 heavy (non-hydrogen) atoms. The van der Waals surface area contributed by atoms with Gasteiger partial charge in [-0.2, -0.15) is 0 Å². The Labute approximate surface area is 119 Å². The van der Waals surface area contributed by atoms with E-state index in [9.17, 15) is 9.59 Å². The molecular weight excluding hydrogens is 278 g/mol. The van der Waals surface area contributed by atoms with E-state index in [1.807, 2.05) is 30.3 Å². The Bertz CT molecular complexity index is 763. The predicted octanol–water partition coefficient (Wildman–Crippen LogP) is 1.04. The highest BCUT2D eigenvalue weighted by Crippen LogP contribution is 2.27. The minimum absolute atomic E-state index is 0.172. The third-order valence-corrected chi connectivity index (χ3v) is 3.98. The average molecular weight is 291 g/mol. The fraction of sp³-hybridized carbons (Fsp3) is 0.154. The zero-order valence-electron chi connectivity index (χ0n) is 11.0. The quantitative estimate of drug-likeness (QED) is 0.397. The lowest BCUT2D eigenvalue weighted by Gasteiger charge is -2.12. The summed E-state index contributed by atoms with van der Waals surface area (Å²) in [6, 6.07) is 9.34. The lowest BCUT2D eigenvalue weighted by molar-refractivity contribution is 0.321. The highest BCUT2D eigenvalue weighted by molar-refractivity contribution is 7.99. The van der Waals surface area contributed by atoms with Crippen LogP contribution in [0, 0.1) is 0 Å². The average Bonchev–Trinajstić information content (AvgIpc) is 2.47. The van der Waals surface area contributed by atoms with Gasteiger partial charge < -0.3 is 5.21 Å². The zero-order chi connectivity index (χ0) is 14.7. The summed E-state index contributed by atoms with van der Waals surface area (Å²) in [6.45, 7) is 0. The van der Waals surface area contributed by atoms with Crippen LogP contribution >= 0.6 is 11.8 Å². The topological polar surface area (TPSA) is 76.6 Å². The molecule has 1 heterocycles. The van der Waals surface area contributed by atoms with Crippen LogP contribution in [0.4, 0.5) is 0 Å². The second-order valence-electron chi connectivity index (χ2n) is 4.08. The van der Waals surface area contributed by atoms with Gasteiger partial charge in [-0.1, -0.05) is 35.1 Å². The SMILES string of the molecule is Cn1c(Sc2ccccc2)c(/C=N\O)c(=O)n(C)c1=O. The van der Waals surface area contributed by atoms with E-state index in [1.165, 1.54) is 23.4 Å². The molecule has 104 valence electrons. The Morgan fingerprint density at radius 2 is 1.80 bits per heavy atom. The van der Waals surface area contributed by atoms with Gasteiger partial charge >= 0.3 is 5.69 Å². The van der Waals surface area contributed by atoms with Crippen molar-refractivity contribution in [2.75, 3.05) is 0 Å². The van der Waals surface area contributed by atoms with Crippen LogP contribution in [0.1, 0.15) is 5.56 Å². The van der Waals surface area contributed by atoms with Crippen molar-refractivity contribution >= 4 is 18.0 Å². The summed E-state index contributed by atoms with van der Waals surface area (Å²) < 4.78 is 2.34. The van der Waals surface area contributed by atoms with Gasteiger partial charge in [0.05, 0.1) is 16.8 Å². The summed E-state index contributed by atoms with van der Waals surface area (Å²) in [6.07, 6.45) is 1.05. The van der Waals surface area contributed by atoms with Gasteiger partial charge in [-0.05, 0) is 12.1 Å². The Balaban J connectivity index is 2.68. The molecule has 1 aromatic carbocycles. The van der Waals surface area contributed by atoms with Crippen molar-refractivity contribution in [2.24, 2.45) is 19.3 Å². The van der Waals surface area contributed by atoms with Crippen molar-refractivity contribution in [3.63, 3.8) is 0 Å². The Morgan fingerprint density at radius 1 is 1.15 bits per heavy atom. The molecule has 0 radical (unpaired) electrons. The smallest absolute Gasteiger partial charge is 0.331 e. The number of oxime groups is 1. The van der Waals surface area contributed by atoms with Crippen molar-refractivity contribution in [2.45, 2.75) is 9.92 Å². The molecule has 0 unspecified atom stereocenters. The normalized spacial score (nSPS) is 11.1. The molecule has 0 atom stereocenters. The first-order chi connectivity index (χ1) is 9.56. The van der Waals surface area contributed by atoms with Gasteiger partial charge in [-0.15, -0.1) is 0 Å². The Hall–Kier alpha value is -2.28. The van der Waals surface area contributed by atoms with E-state index in [4.69, 9.17) is 5.21 Å². The number of hydrogen-bond acceptors (Lipinski definition) is 5. The molecule has 0 saturated carbocycles. The molecule has 0 aliphatic heterocycles. The second kappa shape index (κ2) is 5.79. The van der Waals surface area contributed by atoms with Crippen LogP contribution in [0.3, 0.4) is 0 Å². The number of rotatable bonds is 3. The molecular formula is C13H13N3O3S. The van der Waals surface area contributed by atoms with E-state index in [0.717, 1.165) is 15.7 Å². The fourth-order valence-electron chi connectivity index (χ4n) is 1.74. The van der Waals surface area contributed by atoms with Gasteiger partial charge in [-0.25, -0.2) is 4.79 Å². The van der Waals surface area contributed by atoms with E-state index in [-0.39, 0.29) is 5.56 Å². The minimum atomic E-state index is -0.496. The van der Waals surface area contributed by atoms with Crippen LogP contribution in [0.25, 0.3) is 0 Å². The maximum atomic E-state index is 12.1. The van der Waals surface area contributed by atoms with Crippen LogP contribution in [0.5, 0.6) is 0 Å². The number of benzene rings is 1. The zero-order valence-corrected chi connectivity index (χ0v) is 11.8. The molecule has 0 spiro atoms. The highest BCUT2D eigenvalue weighted by Gasteiger charge is 2.15. The van der Waals surface area contributed by atoms with Crippen LogP contribution in [0.15, 0.2) is 55.0 Å². The largest absolute Gasteiger partial charge is 0.411 e. The van der Waals surface area contributed by atoms with Crippen LogP contribution in [-0.4, -0.2) is 20.6 Å². The van der Waals surface area contributed by atoms with E-state index in [0.29, 0.717) is 5.03 Å². The molecule has 0 amide bonds. The summed E-state index contributed by atoms with van der Waals surface area (Å²) in [5.41, 5.74) is -0.751. The molecule has 2 rings (SSSR count). The number of nitrogens with zero attached hydrogens (tertiary/aromatic N) is 3. The van der Waals surface area contributed by atoms with Gasteiger partial charge in [0, 0.05) is 19.0 Å². The van der Waals surface area contributed by atoms with E-state index in [1.54, 1.807) is 7.05 Å². The maximum Gasteiger partial charge on any atom is 0.331 e. The molecule has 0 aliphatic carbocycles. The molecule has 0 aliphatic rings. The molecule has 7 heteroatoms. The maximum absolute atomic E-state index is 12.1. The van der Waals surface area contributed by atoms with Gasteiger partial charge in [0.25, 0.3) is 5.56 Å². The van der Waals surface area contributed by atoms with Crippen molar-refractivity contribution in [1.29, 1.82) is 0 Å². The third-order valence-electron chi connectivity index (χ3n) is 2.79. The van der Waals surface area contributed by atoms with Crippen LogP contribution < -0.4 is 11.2 Å². The van der Waals surface area contributed by atoms with E-state index < -0.39 is 11.2 Å². The third kappa shape index (κ3) is 2.53. The van der Waals surface area contributed by atoms with Crippen molar-refractivity contribution in [3.05, 3.63) is 56.7 Å².